The molecule has 1 aliphatic rings. The number of benzene rings is 1. The van der Waals surface area contributed by atoms with Crippen LogP contribution in [-0.4, -0.2) is 6.79 Å². The molecule has 0 saturated carbocycles. The highest BCUT2D eigenvalue weighted by Crippen LogP contribution is 2.40. The normalized spacial score (nSPS) is 13.5. The number of halogens is 2. The molecule has 12 heavy (non-hydrogen) atoms. The van der Waals surface area contributed by atoms with Crippen LogP contribution < -0.4 is 9.47 Å². The van der Waals surface area contributed by atoms with Crippen molar-refractivity contribution in [2.75, 3.05) is 6.79 Å². The van der Waals surface area contributed by atoms with E-state index in [9.17, 15) is 0 Å². The quantitative estimate of drug-likeness (QED) is 0.586. The van der Waals surface area contributed by atoms with Gasteiger partial charge in [0.1, 0.15) is 0 Å². The maximum absolute atomic E-state index is 5.95. The standard InChI is InChI=1S/C8H6ClIO2/c9-6-1-5(3-10)2-7-8(6)12-4-11-7/h1-2H,3-4H2. The van der Waals surface area contributed by atoms with Crippen LogP contribution in [0, 0.1) is 0 Å². The Bertz CT molecular complexity index is 314. The Morgan fingerprint density at radius 2 is 2.25 bits per heavy atom. The fraction of sp³-hybridized carbons (Fsp3) is 0.250. The SMILES string of the molecule is Clc1cc(CI)cc2c1OCO2. The zero-order chi connectivity index (χ0) is 8.55. The highest BCUT2D eigenvalue weighted by molar-refractivity contribution is 14.1. The molecule has 0 saturated heterocycles. The zero-order valence-corrected chi connectivity index (χ0v) is 9.05. The van der Waals surface area contributed by atoms with Gasteiger partial charge in [0.25, 0.3) is 0 Å². The average molecular weight is 296 g/mol. The van der Waals surface area contributed by atoms with Gasteiger partial charge in [0.2, 0.25) is 6.79 Å². The van der Waals surface area contributed by atoms with E-state index in [0.29, 0.717) is 10.8 Å². The predicted molar refractivity (Wildman–Crippen MR) is 55.3 cm³/mol. The van der Waals surface area contributed by atoms with Crippen LogP contribution in [0.1, 0.15) is 5.56 Å². The molecule has 4 heteroatoms. The third-order valence-corrected chi connectivity index (χ3v) is 2.80. The first-order valence-electron chi connectivity index (χ1n) is 3.45. The van der Waals surface area contributed by atoms with E-state index < -0.39 is 0 Å². The van der Waals surface area contributed by atoms with Crippen LogP contribution in [0.15, 0.2) is 12.1 Å². The molecule has 1 aliphatic heterocycles. The maximum atomic E-state index is 5.95. The van der Waals surface area contributed by atoms with E-state index >= 15 is 0 Å². The summed E-state index contributed by atoms with van der Waals surface area (Å²) in [7, 11) is 0. The molecule has 0 aliphatic carbocycles. The van der Waals surface area contributed by atoms with Crippen LogP contribution in [0.2, 0.25) is 5.02 Å². The summed E-state index contributed by atoms with van der Waals surface area (Å²) in [5.74, 6) is 1.43. The van der Waals surface area contributed by atoms with E-state index in [1.54, 1.807) is 0 Å². The van der Waals surface area contributed by atoms with Gasteiger partial charge in [-0.05, 0) is 17.7 Å². The Hall–Kier alpha value is -0.160. The van der Waals surface area contributed by atoms with Crippen molar-refractivity contribution in [1.82, 2.24) is 0 Å². The largest absolute Gasteiger partial charge is 0.454 e. The fourth-order valence-corrected chi connectivity index (χ4v) is 1.83. The Balaban J connectivity index is 2.51. The first kappa shape index (κ1) is 8.44. The lowest BCUT2D eigenvalue weighted by molar-refractivity contribution is 0.174. The Kier molecular flexibility index (Phi) is 2.32. The summed E-state index contributed by atoms with van der Waals surface area (Å²) in [6, 6.07) is 3.86. The van der Waals surface area contributed by atoms with Gasteiger partial charge in [-0.3, -0.25) is 0 Å². The second-order valence-electron chi connectivity index (χ2n) is 2.45. The first-order chi connectivity index (χ1) is 5.81. The van der Waals surface area contributed by atoms with Gasteiger partial charge >= 0.3 is 0 Å². The van der Waals surface area contributed by atoms with Crippen molar-refractivity contribution in [2.45, 2.75) is 4.43 Å². The molecule has 0 aromatic heterocycles. The summed E-state index contributed by atoms with van der Waals surface area (Å²) in [6.45, 7) is 0.278. The van der Waals surface area contributed by atoms with E-state index in [1.807, 2.05) is 12.1 Å². The lowest BCUT2D eigenvalue weighted by Crippen LogP contribution is -1.93. The summed E-state index contributed by atoms with van der Waals surface area (Å²) in [5, 5.41) is 0.636. The second-order valence-corrected chi connectivity index (χ2v) is 3.62. The van der Waals surface area contributed by atoms with Crippen molar-refractivity contribution < 1.29 is 9.47 Å². The van der Waals surface area contributed by atoms with Crippen LogP contribution in [-0.2, 0) is 4.43 Å². The molecule has 2 nitrogen and oxygen atoms in total. The molecule has 0 fully saturated rings. The highest BCUT2D eigenvalue weighted by atomic mass is 127. The number of alkyl halides is 1. The minimum atomic E-state index is 0.278. The van der Waals surface area contributed by atoms with Crippen LogP contribution >= 0.6 is 34.2 Å². The molecular formula is C8H6ClIO2. The van der Waals surface area contributed by atoms with Crippen molar-refractivity contribution in [3.05, 3.63) is 22.7 Å². The molecule has 0 bridgehead atoms. The van der Waals surface area contributed by atoms with Gasteiger partial charge in [-0.15, -0.1) is 0 Å². The van der Waals surface area contributed by atoms with Gasteiger partial charge in [0, 0.05) is 4.43 Å². The molecule has 2 rings (SSSR count). The summed E-state index contributed by atoms with van der Waals surface area (Å²) < 4.78 is 11.3. The molecule has 0 amide bonds. The lowest BCUT2D eigenvalue weighted by Gasteiger charge is -2.01. The Morgan fingerprint density at radius 3 is 3.00 bits per heavy atom. The van der Waals surface area contributed by atoms with E-state index in [-0.39, 0.29) is 6.79 Å². The lowest BCUT2D eigenvalue weighted by atomic mass is 10.2. The molecule has 0 spiro atoms. The number of hydrogen-bond donors (Lipinski definition) is 0. The predicted octanol–water partition coefficient (Wildman–Crippen LogP) is 3.00. The molecule has 1 aromatic carbocycles. The molecule has 1 aromatic rings. The number of fused-ring (bicyclic) bond motifs is 1. The molecular weight excluding hydrogens is 290 g/mol. The molecule has 0 unspecified atom stereocenters. The third kappa shape index (κ3) is 1.35. The number of ether oxygens (including phenoxy) is 2. The van der Waals surface area contributed by atoms with Crippen LogP contribution in [0.4, 0.5) is 0 Å². The average Bonchev–Trinajstić information content (AvgIpc) is 2.52. The van der Waals surface area contributed by atoms with Gasteiger partial charge < -0.3 is 9.47 Å². The maximum Gasteiger partial charge on any atom is 0.231 e. The van der Waals surface area contributed by atoms with Crippen molar-refractivity contribution >= 4 is 34.2 Å². The van der Waals surface area contributed by atoms with Gasteiger partial charge in [-0.2, -0.15) is 0 Å². The van der Waals surface area contributed by atoms with Crippen LogP contribution in [0.25, 0.3) is 0 Å². The zero-order valence-electron chi connectivity index (χ0n) is 6.14. The van der Waals surface area contributed by atoms with Crippen LogP contribution in [0.5, 0.6) is 11.5 Å². The van der Waals surface area contributed by atoms with E-state index in [0.717, 1.165) is 15.7 Å². The summed E-state index contributed by atoms with van der Waals surface area (Å²) in [4.78, 5) is 0. The minimum absolute atomic E-state index is 0.278. The molecule has 64 valence electrons. The first-order valence-corrected chi connectivity index (χ1v) is 5.35. The molecule has 0 atom stereocenters. The van der Waals surface area contributed by atoms with Crippen molar-refractivity contribution in [1.29, 1.82) is 0 Å². The van der Waals surface area contributed by atoms with Gasteiger partial charge in [-0.1, -0.05) is 34.2 Å². The van der Waals surface area contributed by atoms with Crippen molar-refractivity contribution in [3.63, 3.8) is 0 Å². The van der Waals surface area contributed by atoms with Gasteiger partial charge in [0.15, 0.2) is 11.5 Å². The Labute approximate surface area is 88.9 Å². The smallest absolute Gasteiger partial charge is 0.231 e. The molecule has 1 heterocycles. The van der Waals surface area contributed by atoms with Crippen molar-refractivity contribution in [2.24, 2.45) is 0 Å². The summed E-state index contributed by atoms with van der Waals surface area (Å²) in [6.07, 6.45) is 0. The highest BCUT2D eigenvalue weighted by Gasteiger charge is 2.17. The minimum Gasteiger partial charge on any atom is -0.454 e. The molecule has 0 radical (unpaired) electrons. The number of hydrogen-bond acceptors (Lipinski definition) is 2. The monoisotopic (exact) mass is 296 g/mol. The topological polar surface area (TPSA) is 18.5 Å². The summed E-state index contributed by atoms with van der Waals surface area (Å²) in [5.41, 5.74) is 1.16. The Morgan fingerprint density at radius 1 is 1.42 bits per heavy atom. The van der Waals surface area contributed by atoms with Gasteiger partial charge in [-0.25, -0.2) is 0 Å². The van der Waals surface area contributed by atoms with Gasteiger partial charge in [0.05, 0.1) is 5.02 Å². The van der Waals surface area contributed by atoms with E-state index in [4.69, 9.17) is 21.1 Å². The van der Waals surface area contributed by atoms with E-state index in [2.05, 4.69) is 22.6 Å². The van der Waals surface area contributed by atoms with Crippen molar-refractivity contribution in [3.8, 4) is 11.5 Å². The third-order valence-electron chi connectivity index (χ3n) is 1.64. The summed E-state index contributed by atoms with van der Waals surface area (Å²) >= 11 is 8.23. The molecule has 0 N–H and O–H groups in total. The number of rotatable bonds is 1. The van der Waals surface area contributed by atoms with Crippen LogP contribution in [0.3, 0.4) is 0 Å². The second kappa shape index (κ2) is 3.30. The van der Waals surface area contributed by atoms with E-state index in [1.165, 1.54) is 0 Å². The fourth-order valence-electron chi connectivity index (χ4n) is 1.10.